The lowest BCUT2D eigenvalue weighted by Gasteiger charge is -2.34. The first-order chi connectivity index (χ1) is 13.0. The third-order valence-electron chi connectivity index (χ3n) is 4.92. The second-order valence-electron chi connectivity index (χ2n) is 7.38. The number of nitrogens with two attached hydrogens (primary N) is 1. The summed E-state index contributed by atoms with van der Waals surface area (Å²) in [6.07, 6.45) is 1.85. The van der Waals surface area contributed by atoms with Crippen molar-refractivity contribution in [2.24, 2.45) is 10.7 Å². The molecule has 0 saturated carbocycles. The lowest BCUT2D eigenvalue weighted by molar-refractivity contribution is 0.312. The molecule has 2 heterocycles. The Morgan fingerprint density at radius 3 is 2.64 bits per heavy atom. The van der Waals surface area contributed by atoms with Crippen molar-refractivity contribution in [3.8, 4) is 0 Å². The zero-order valence-electron chi connectivity index (χ0n) is 16.9. The van der Waals surface area contributed by atoms with Crippen molar-refractivity contribution >= 4 is 41.4 Å². The molecule has 2 aromatic rings. The normalized spacial score (nSPS) is 15.4. The highest BCUT2D eigenvalue weighted by Gasteiger charge is 2.17. The molecule has 1 saturated heterocycles. The van der Waals surface area contributed by atoms with E-state index >= 15 is 0 Å². The number of halogens is 1. The molecule has 6 nitrogen and oxygen atoms in total. The number of pyridine rings is 1. The largest absolute Gasteiger partial charge is 0.370 e. The average Bonchev–Trinajstić information content (AvgIpc) is 2.67. The smallest absolute Gasteiger partial charge is 0.193 e. The zero-order chi connectivity index (χ0) is 19.2. The van der Waals surface area contributed by atoms with E-state index in [0.717, 1.165) is 43.2 Å². The fourth-order valence-corrected chi connectivity index (χ4v) is 3.19. The molecule has 0 unspecified atom stereocenters. The number of anilines is 2. The van der Waals surface area contributed by atoms with Crippen molar-refractivity contribution in [2.45, 2.75) is 26.3 Å². The molecule has 1 fully saturated rings. The molecule has 152 valence electrons. The van der Waals surface area contributed by atoms with E-state index in [1.54, 1.807) is 0 Å². The van der Waals surface area contributed by atoms with Crippen LogP contribution in [0.5, 0.6) is 0 Å². The van der Waals surface area contributed by atoms with E-state index in [-0.39, 0.29) is 24.0 Å². The van der Waals surface area contributed by atoms with Gasteiger partial charge in [0, 0.05) is 43.6 Å². The van der Waals surface area contributed by atoms with Crippen LogP contribution < -0.4 is 16.0 Å². The van der Waals surface area contributed by atoms with Crippen LogP contribution >= 0.6 is 24.0 Å². The predicted octanol–water partition coefficient (Wildman–Crippen LogP) is 3.50. The first kappa shape index (κ1) is 22.4. The Morgan fingerprint density at radius 2 is 1.93 bits per heavy atom. The van der Waals surface area contributed by atoms with Gasteiger partial charge in [0.05, 0.1) is 6.54 Å². The molecule has 1 aromatic heterocycles. The van der Waals surface area contributed by atoms with Gasteiger partial charge < -0.3 is 20.9 Å². The Labute approximate surface area is 185 Å². The molecule has 0 atom stereocenters. The molecule has 0 radical (unpaired) electrons. The molecule has 3 N–H and O–H groups in total. The van der Waals surface area contributed by atoms with Gasteiger partial charge in [-0.1, -0.05) is 32.0 Å². The number of aliphatic imine (C=N–C) groups is 1. The molecule has 7 heteroatoms. The van der Waals surface area contributed by atoms with Gasteiger partial charge in [0.15, 0.2) is 5.96 Å². The Kier molecular flexibility index (Phi) is 8.50. The third-order valence-corrected chi connectivity index (χ3v) is 4.92. The Balaban J connectivity index is 0.00000280. The van der Waals surface area contributed by atoms with Crippen molar-refractivity contribution < 1.29 is 0 Å². The van der Waals surface area contributed by atoms with Gasteiger partial charge in [-0.2, -0.15) is 0 Å². The Morgan fingerprint density at radius 1 is 1.18 bits per heavy atom. The number of benzene rings is 1. The Bertz CT molecular complexity index is 784. The van der Waals surface area contributed by atoms with E-state index in [9.17, 15) is 0 Å². The third kappa shape index (κ3) is 6.07. The predicted molar refractivity (Wildman–Crippen MR) is 129 cm³/mol. The summed E-state index contributed by atoms with van der Waals surface area (Å²) in [6.45, 7) is 8.94. The first-order valence-electron chi connectivity index (χ1n) is 9.57. The van der Waals surface area contributed by atoms with E-state index in [2.05, 4.69) is 64.2 Å². The summed E-state index contributed by atoms with van der Waals surface area (Å²) >= 11 is 0. The van der Waals surface area contributed by atoms with Gasteiger partial charge in [0.1, 0.15) is 5.82 Å². The summed E-state index contributed by atoms with van der Waals surface area (Å²) in [5, 5.41) is 3.20. The first-order valence-corrected chi connectivity index (χ1v) is 9.57. The van der Waals surface area contributed by atoms with E-state index < -0.39 is 0 Å². The molecule has 0 spiro atoms. The van der Waals surface area contributed by atoms with E-state index in [0.29, 0.717) is 18.4 Å². The molecule has 1 aromatic carbocycles. The fourth-order valence-electron chi connectivity index (χ4n) is 3.19. The van der Waals surface area contributed by atoms with Gasteiger partial charge >= 0.3 is 0 Å². The van der Waals surface area contributed by atoms with Crippen LogP contribution in [0.4, 0.5) is 11.5 Å². The van der Waals surface area contributed by atoms with Crippen LogP contribution in [0.3, 0.4) is 0 Å². The van der Waals surface area contributed by atoms with Crippen molar-refractivity contribution in [2.75, 3.05) is 43.4 Å². The summed E-state index contributed by atoms with van der Waals surface area (Å²) < 4.78 is 0. The van der Waals surface area contributed by atoms with Crippen molar-refractivity contribution in [1.82, 2.24) is 9.88 Å². The van der Waals surface area contributed by atoms with E-state index in [1.165, 1.54) is 5.56 Å². The number of rotatable bonds is 5. The van der Waals surface area contributed by atoms with Crippen molar-refractivity contribution in [3.05, 3.63) is 53.7 Å². The van der Waals surface area contributed by atoms with Gasteiger partial charge in [-0.15, -0.1) is 24.0 Å². The van der Waals surface area contributed by atoms with Crippen LogP contribution in [0.15, 0.2) is 47.6 Å². The number of piperazine rings is 1. The van der Waals surface area contributed by atoms with Crippen LogP contribution in [-0.2, 0) is 6.54 Å². The summed E-state index contributed by atoms with van der Waals surface area (Å²) in [7, 11) is 2.15. The second kappa shape index (κ2) is 10.6. The average molecular weight is 494 g/mol. The molecule has 1 aliphatic rings. The van der Waals surface area contributed by atoms with Crippen molar-refractivity contribution in [3.63, 3.8) is 0 Å². The number of aromatic nitrogens is 1. The van der Waals surface area contributed by atoms with Crippen LogP contribution in [-0.4, -0.2) is 49.1 Å². The molecule has 0 bridgehead atoms. The quantitative estimate of drug-likeness (QED) is 0.379. The molecular formula is C21H31IN6. The van der Waals surface area contributed by atoms with Gasteiger partial charge in [-0.05, 0) is 36.7 Å². The molecular weight excluding hydrogens is 463 g/mol. The van der Waals surface area contributed by atoms with Crippen LogP contribution in [0.1, 0.15) is 30.9 Å². The van der Waals surface area contributed by atoms with Gasteiger partial charge in [0.25, 0.3) is 0 Å². The number of likely N-dealkylation sites (N-methyl/N-ethyl adjacent to an activating group) is 1. The highest BCUT2D eigenvalue weighted by Crippen LogP contribution is 2.20. The number of hydrogen-bond acceptors (Lipinski definition) is 4. The molecule has 3 rings (SSSR count). The number of nitrogens with one attached hydrogen (secondary N) is 1. The monoisotopic (exact) mass is 494 g/mol. The number of nitrogens with zero attached hydrogens (tertiary/aromatic N) is 4. The standard InChI is InChI=1S/C21H30N6.HI/c1-16(2)17-6-4-8-19(14-17)25-21(22)24-15-18-7-5-9-23-20(18)27-12-10-26(3)11-13-27;/h4-9,14,16H,10-13,15H2,1-3H3,(H3,22,24,25);1H. The number of guanidine groups is 1. The van der Waals surface area contributed by atoms with Crippen LogP contribution in [0, 0.1) is 0 Å². The van der Waals surface area contributed by atoms with Gasteiger partial charge in [-0.3, -0.25) is 0 Å². The summed E-state index contributed by atoms with van der Waals surface area (Å²) in [5.41, 5.74) is 9.47. The van der Waals surface area contributed by atoms with E-state index in [1.807, 2.05) is 24.4 Å². The number of hydrogen-bond donors (Lipinski definition) is 2. The van der Waals surface area contributed by atoms with E-state index in [4.69, 9.17) is 5.73 Å². The minimum absolute atomic E-state index is 0. The van der Waals surface area contributed by atoms with Crippen LogP contribution in [0.25, 0.3) is 0 Å². The fraction of sp³-hybridized carbons (Fsp3) is 0.429. The SMILES string of the molecule is CC(C)c1cccc(NC(N)=NCc2cccnc2N2CCN(C)CC2)c1.I. The topological polar surface area (TPSA) is 69.8 Å². The summed E-state index contributed by atoms with van der Waals surface area (Å²) in [4.78, 5) is 13.8. The second-order valence-corrected chi connectivity index (χ2v) is 7.38. The lowest BCUT2D eigenvalue weighted by Crippen LogP contribution is -2.45. The lowest BCUT2D eigenvalue weighted by atomic mass is 10.0. The zero-order valence-corrected chi connectivity index (χ0v) is 19.3. The van der Waals surface area contributed by atoms with Gasteiger partial charge in [0.2, 0.25) is 0 Å². The molecule has 28 heavy (non-hydrogen) atoms. The highest BCUT2D eigenvalue weighted by atomic mass is 127. The summed E-state index contributed by atoms with van der Waals surface area (Å²) in [6, 6.07) is 12.3. The Hall–Kier alpha value is -1.87. The highest BCUT2D eigenvalue weighted by molar-refractivity contribution is 14.0. The molecule has 0 aliphatic carbocycles. The maximum Gasteiger partial charge on any atom is 0.193 e. The summed E-state index contributed by atoms with van der Waals surface area (Å²) in [5.74, 6) is 1.92. The minimum Gasteiger partial charge on any atom is -0.370 e. The maximum absolute atomic E-state index is 6.12. The molecule has 0 amide bonds. The van der Waals surface area contributed by atoms with Crippen LogP contribution in [0.2, 0.25) is 0 Å². The minimum atomic E-state index is 0. The maximum atomic E-state index is 6.12. The van der Waals surface area contributed by atoms with Crippen molar-refractivity contribution in [1.29, 1.82) is 0 Å². The van der Waals surface area contributed by atoms with Gasteiger partial charge in [-0.25, -0.2) is 9.98 Å². The molecule has 1 aliphatic heterocycles.